The monoisotopic (exact) mass is 726 g/mol. The number of benzene rings is 9. The molecular weight excluding hydrogens is 693 g/mol. The SMILES string of the molecule is c1ccc(-c2cccc(-n3c4ccccc4c4cc(-c5ccc6c(c5)c5ccccc5n6-c5cccc6oc7cc(-c8ccccc8)ccc7c56)ccc43)c2)cc1. The molecule has 0 aliphatic heterocycles. The van der Waals surface area contributed by atoms with Gasteiger partial charge in [0.05, 0.1) is 33.1 Å². The first-order valence-corrected chi connectivity index (χ1v) is 19.5. The highest BCUT2D eigenvalue weighted by atomic mass is 16.3. The molecule has 0 saturated heterocycles. The van der Waals surface area contributed by atoms with E-state index in [-0.39, 0.29) is 0 Å². The average molecular weight is 727 g/mol. The van der Waals surface area contributed by atoms with Gasteiger partial charge in [-0.25, -0.2) is 0 Å². The molecular formula is C54H34N2O. The molecule has 0 bridgehead atoms. The van der Waals surface area contributed by atoms with Crippen LogP contribution in [0, 0.1) is 0 Å². The molecule has 57 heavy (non-hydrogen) atoms. The maximum absolute atomic E-state index is 6.56. The van der Waals surface area contributed by atoms with Crippen molar-refractivity contribution in [3.63, 3.8) is 0 Å². The zero-order chi connectivity index (χ0) is 37.5. The summed E-state index contributed by atoms with van der Waals surface area (Å²) in [6.45, 7) is 0. The molecule has 0 fully saturated rings. The number of para-hydroxylation sites is 2. The summed E-state index contributed by atoms with van der Waals surface area (Å²) in [5.74, 6) is 0. The lowest BCUT2D eigenvalue weighted by Gasteiger charge is -2.11. The van der Waals surface area contributed by atoms with Crippen molar-refractivity contribution < 1.29 is 4.42 Å². The van der Waals surface area contributed by atoms with Gasteiger partial charge in [0.15, 0.2) is 0 Å². The molecule has 3 nitrogen and oxygen atoms in total. The number of furan rings is 1. The molecule has 3 heteroatoms. The van der Waals surface area contributed by atoms with Crippen molar-refractivity contribution in [1.29, 1.82) is 0 Å². The molecule has 3 aromatic heterocycles. The van der Waals surface area contributed by atoms with Crippen LogP contribution in [-0.4, -0.2) is 9.13 Å². The van der Waals surface area contributed by atoms with E-state index in [0.717, 1.165) is 38.9 Å². The molecule has 12 rings (SSSR count). The summed E-state index contributed by atoms with van der Waals surface area (Å²) in [7, 11) is 0. The third-order valence-electron chi connectivity index (χ3n) is 11.7. The number of aromatic nitrogens is 2. The molecule has 0 N–H and O–H groups in total. The molecule has 0 aliphatic rings. The maximum Gasteiger partial charge on any atom is 0.137 e. The predicted molar refractivity (Wildman–Crippen MR) is 239 cm³/mol. The number of hydrogen-bond acceptors (Lipinski definition) is 1. The van der Waals surface area contributed by atoms with Crippen molar-refractivity contribution in [1.82, 2.24) is 9.13 Å². The Hall–Kier alpha value is -7.62. The molecule has 3 heterocycles. The second kappa shape index (κ2) is 12.5. The first-order valence-electron chi connectivity index (χ1n) is 19.5. The first-order chi connectivity index (χ1) is 28.3. The van der Waals surface area contributed by atoms with E-state index in [4.69, 9.17) is 4.42 Å². The van der Waals surface area contributed by atoms with Crippen LogP contribution >= 0.6 is 0 Å². The number of nitrogens with zero attached hydrogens (tertiary/aromatic N) is 2. The zero-order valence-corrected chi connectivity index (χ0v) is 30.9. The van der Waals surface area contributed by atoms with Crippen molar-refractivity contribution in [3.8, 4) is 44.8 Å². The normalized spacial score (nSPS) is 11.9. The molecule has 12 aromatic rings. The third kappa shape index (κ3) is 4.92. The quantitative estimate of drug-likeness (QED) is 0.173. The summed E-state index contributed by atoms with van der Waals surface area (Å²) in [4.78, 5) is 0. The molecule has 0 atom stereocenters. The lowest BCUT2D eigenvalue weighted by Crippen LogP contribution is -1.94. The van der Waals surface area contributed by atoms with Crippen molar-refractivity contribution in [2.75, 3.05) is 0 Å². The summed E-state index contributed by atoms with van der Waals surface area (Å²) in [6.07, 6.45) is 0. The fraction of sp³-hybridized carbons (Fsp3) is 0. The van der Waals surface area contributed by atoms with Crippen molar-refractivity contribution in [3.05, 3.63) is 206 Å². The van der Waals surface area contributed by atoms with Crippen LogP contribution in [0.15, 0.2) is 211 Å². The Balaban J connectivity index is 1.01. The molecule has 0 unspecified atom stereocenters. The summed E-state index contributed by atoms with van der Waals surface area (Å²) < 4.78 is 11.4. The van der Waals surface area contributed by atoms with Crippen LogP contribution in [-0.2, 0) is 0 Å². The summed E-state index contributed by atoms with van der Waals surface area (Å²) in [5, 5.41) is 7.16. The molecule has 266 valence electrons. The summed E-state index contributed by atoms with van der Waals surface area (Å²) in [6, 6.07) is 74.4. The Labute approximate surface area is 328 Å². The molecule has 0 saturated carbocycles. The Morgan fingerprint density at radius 3 is 1.47 bits per heavy atom. The number of fused-ring (bicyclic) bond motifs is 9. The lowest BCUT2D eigenvalue weighted by molar-refractivity contribution is 0.669. The largest absolute Gasteiger partial charge is 0.456 e. The maximum atomic E-state index is 6.56. The van der Waals surface area contributed by atoms with Crippen LogP contribution in [0.1, 0.15) is 0 Å². The zero-order valence-electron chi connectivity index (χ0n) is 30.9. The fourth-order valence-electron chi connectivity index (χ4n) is 9.10. The smallest absolute Gasteiger partial charge is 0.137 e. The highest BCUT2D eigenvalue weighted by Crippen LogP contribution is 2.42. The molecule has 0 aliphatic carbocycles. The Morgan fingerprint density at radius 1 is 0.281 bits per heavy atom. The Morgan fingerprint density at radius 2 is 0.789 bits per heavy atom. The first kappa shape index (κ1) is 31.7. The van der Waals surface area contributed by atoms with E-state index >= 15 is 0 Å². The van der Waals surface area contributed by atoms with Gasteiger partial charge >= 0.3 is 0 Å². The van der Waals surface area contributed by atoms with Crippen molar-refractivity contribution in [2.24, 2.45) is 0 Å². The van der Waals surface area contributed by atoms with Gasteiger partial charge in [-0.15, -0.1) is 0 Å². The van der Waals surface area contributed by atoms with Gasteiger partial charge in [0, 0.05) is 32.6 Å². The van der Waals surface area contributed by atoms with E-state index in [1.807, 2.05) is 0 Å². The summed E-state index contributed by atoms with van der Waals surface area (Å²) >= 11 is 0. The van der Waals surface area contributed by atoms with Gasteiger partial charge in [-0.05, 0) is 106 Å². The second-order valence-electron chi connectivity index (χ2n) is 14.9. The average Bonchev–Trinajstić information content (AvgIpc) is 3.94. The number of hydrogen-bond donors (Lipinski definition) is 0. The topological polar surface area (TPSA) is 23.0 Å². The van der Waals surface area contributed by atoms with Crippen molar-refractivity contribution in [2.45, 2.75) is 0 Å². The van der Waals surface area contributed by atoms with Crippen LogP contribution in [0.3, 0.4) is 0 Å². The van der Waals surface area contributed by atoms with Gasteiger partial charge in [-0.3, -0.25) is 0 Å². The number of rotatable bonds is 5. The van der Waals surface area contributed by atoms with Gasteiger partial charge in [0.2, 0.25) is 0 Å². The van der Waals surface area contributed by atoms with E-state index in [1.54, 1.807) is 0 Å². The van der Waals surface area contributed by atoms with Crippen LogP contribution in [0.2, 0.25) is 0 Å². The second-order valence-corrected chi connectivity index (χ2v) is 14.9. The fourth-order valence-corrected chi connectivity index (χ4v) is 9.10. The third-order valence-corrected chi connectivity index (χ3v) is 11.7. The van der Waals surface area contributed by atoms with Gasteiger partial charge in [0.1, 0.15) is 11.2 Å². The Bertz CT molecular complexity index is 3510. The molecule has 0 radical (unpaired) electrons. The van der Waals surface area contributed by atoms with Gasteiger partial charge < -0.3 is 13.6 Å². The standard InChI is InChI=1S/C54H34N2O/c1-3-13-35(14-4-1)37-17-11-18-41(31-37)55-47-21-9-7-19-42(47)45-32-38(26-29-49(45)55)39-27-30-50-46(33-39)43-20-8-10-22-48(43)56(50)51-23-12-24-52-54(51)44-28-25-40(34-53(44)57-52)36-15-5-2-6-16-36/h1-34H. The summed E-state index contributed by atoms with van der Waals surface area (Å²) in [5.41, 5.74) is 15.9. The lowest BCUT2D eigenvalue weighted by atomic mass is 10.0. The van der Waals surface area contributed by atoms with E-state index in [0.29, 0.717) is 0 Å². The van der Waals surface area contributed by atoms with E-state index < -0.39 is 0 Å². The van der Waals surface area contributed by atoms with Gasteiger partial charge in [0.25, 0.3) is 0 Å². The van der Waals surface area contributed by atoms with Crippen molar-refractivity contribution >= 4 is 65.6 Å². The van der Waals surface area contributed by atoms with E-state index in [2.05, 4.69) is 215 Å². The van der Waals surface area contributed by atoms with Crippen LogP contribution in [0.4, 0.5) is 0 Å². The van der Waals surface area contributed by atoms with Crippen LogP contribution in [0.5, 0.6) is 0 Å². The molecule has 0 amide bonds. The highest BCUT2D eigenvalue weighted by Gasteiger charge is 2.19. The Kier molecular flexibility index (Phi) is 6.93. The van der Waals surface area contributed by atoms with Crippen LogP contribution < -0.4 is 0 Å². The minimum absolute atomic E-state index is 0.884. The van der Waals surface area contributed by atoms with Gasteiger partial charge in [-0.1, -0.05) is 133 Å². The molecule has 9 aromatic carbocycles. The minimum Gasteiger partial charge on any atom is -0.456 e. The highest BCUT2D eigenvalue weighted by molar-refractivity contribution is 6.16. The van der Waals surface area contributed by atoms with E-state index in [1.165, 1.54) is 71.4 Å². The van der Waals surface area contributed by atoms with Gasteiger partial charge in [-0.2, -0.15) is 0 Å². The predicted octanol–water partition coefficient (Wildman–Crippen LogP) is 14.8. The van der Waals surface area contributed by atoms with Crippen LogP contribution in [0.25, 0.3) is 110 Å². The minimum atomic E-state index is 0.884. The van der Waals surface area contributed by atoms with E-state index in [9.17, 15) is 0 Å². The molecule has 0 spiro atoms.